The summed E-state index contributed by atoms with van der Waals surface area (Å²) in [5.74, 6) is 0.696. The Morgan fingerprint density at radius 1 is 1.22 bits per heavy atom. The molecule has 2 heterocycles. The first-order valence-electron chi connectivity index (χ1n) is 11.9. The van der Waals surface area contributed by atoms with E-state index in [-0.39, 0.29) is 24.7 Å². The van der Waals surface area contributed by atoms with Crippen LogP contribution in [0.15, 0.2) is 46.6 Å². The van der Waals surface area contributed by atoms with Crippen molar-refractivity contribution in [3.05, 3.63) is 41.6 Å². The minimum atomic E-state index is -0.179. The van der Waals surface area contributed by atoms with Crippen LogP contribution >= 0.6 is 0 Å². The predicted octanol–water partition coefficient (Wildman–Crippen LogP) is 4.56. The molecule has 1 N–H and O–H groups in total. The molecule has 2 aliphatic rings. The summed E-state index contributed by atoms with van der Waals surface area (Å²) in [6, 6.07) is 9.85. The molecule has 6 nitrogen and oxygen atoms in total. The van der Waals surface area contributed by atoms with E-state index >= 15 is 0 Å². The van der Waals surface area contributed by atoms with E-state index < -0.39 is 0 Å². The van der Waals surface area contributed by atoms with Gasteiger partial charge in [0.05, 0.1) is 12.5 Å². The Labute approximate surface area is 193 Å². The normalized spacial score (nSPS) is 20.9. The van der Waals surface area contributed by atoms with Crippen molar-refractivity contribution in [2.24, 2.45) is 10.4 Å². The van der Waals surface area contributed by atoms with Gasteiger partial charge in [-0.15, -0.1) is 0 Å². The molecular formula is C26H39N3O3. The standard InChI is InChI=1S/C26H39N3O3/c1-19(2)32-25(30)17-22-20(3)28-24(27-13-16-31-21-9-7-6-8-10-21)18-23(22)29-14-11-26(4,5)12-15-29/h6-10,19,24,27H,11-18H2,1-5H3. The van der Waals surface area contributed by atoms with E-state index in [9.17, 15) is 4.79 Å². The minimum absolute atomic E-state index is 0.0100. The number of ether oxygens (including phenoxy) is 2. The molecule has 0 amide bonds. The van der Waals surface area contributed by atoms with Crippen LogP contribution in [0.4, 0.5) is 0 Å². The number of esters is 1. The molecule has 1 atom stereocenters. The number of hydrogen-bond donors (Lipinski definition) is 1. The highest BCUT2D eigenvalue weighted by Gasteiger charge is 2.31. The first-order valence-corrected chi connectivity index (χ1v) is 11.9. The molecule has 0 bridgehead atoms. The van der Waals surface area contributed by atoms with Gasteiger partial charge >= 0.3 is 5.97 Å². The van der Waals surface area contributed by atoms with E-state index in [1.807, 2.05) is 51.1 Å². The summed E-state index contributed by atoms with van der Waals surface area (Å²) < 4.78 is 11.2. The second-order valence-corrected chi connectivity index (χ2v) is 9.84. The number of dihydropyridines is 1. The average Bonchev–Trinajstić information content (AvgIpc) is 2.73. The first kappa shape index (κ1) is 24.3. The largest absolute Gasteiger partial charge is 0.492 e. The number of aliphatic imine (C=N–C) groups is 1. The van der Waals surface area contributed by atoms with Crippen molar-refractivity contribution in [1.82, 2.24) is 10.2 Å². The number of benzene rings is 1. The fraction of sp³-hybridized carbons (Fsp3) is 0.615. The smallest absolute Gasteiger partial charge is 0.310 e. The quantitative estimate of drug-likeness (QED) is 0.449. The maximum atomic E-state index is 12.5. The number of rotatable bonds is 9. The highest BCUT2D eigenvalue weighted by molar-refractivity contribution is 6.02. The second-order valence-electron chi connectivity index (χ2n) is 9.84. The number of likely N-dealkylation sites (tertiary alicyclic amines) is 1. The Morgan fingerprint density at radius 2 is 1.91 bits per heavy atom. The maximum Gasteiger partial charge on any atom is 0.310 e. The van der Waals surface area contributed by atoms with Crippen LogP contribution in [-0.4, -0.2) is 55.1 Å². The first-order chi connectivity index (χ1) is 15.2. The zero-order valence-electron chi connectivity index (χ0n) is 20.3. The highest BCUT2D eigenvalue weighted by Crippen LogP contribution is 2.35. The second kappa shape index (κ2) is 11.0. The lowest BCUT2D eigenvalue weighted by Gasteiger charge is -2.42. The molecule has 176 valence electrons. The molecule has 0 aromatic heterocycles. The lowest BCUT2D eigenvalue weighted by atomic mass is 9.82. The van der Waals surface area contributed by atoms with Crippen molar-refractivity contribution in [1.29, 1.82) is 0 Å². The van der Waals surface area contributed by atoms with E-state index in [0.29, 0.717) is 18.6 Å². The van der Waals surface area contributed by atoms with Gasteiger partial charge in [0.15, 0.2) is 0 Å². The van der Waals surface area contributed by atoms with E-state index in [0.717, 1.165) is 49.4 Å². The maximum absolute atomic E-state index is 12.5. The monoisotopic (exact) mass is 441 g/mol. The summed E-state index contributed by atoms with van der Waals surface area (Å²) in [6.07, 6.45) is 3.25. The highest BCUT2D eigenvalue weighted by atomic mass is 16.5. The molecule has 1 aromatic rings. The summed E-state index contributed by atoms with van der Waals surface area (Å²) in [7, 11) is 0. The van der Waals surface area contributed by atoms with Gasteiger partial charge < -0.3 is 14.4 Å². The van der Waals surface area contributed by atoms with Crippen molar-refractivity contribution >= 4 is 11.7 Å². The van der Waals surface area contributed by atoms with Gasteiger partial charge in [0.1, 0.15) is 18.5 Å². The van der Waals surface area contributed by atoms with Crippen molar-refractivity contribution in [3.63, 3.8) is 0 Å². The zero-order valence-corrected chi connectivity index (χ0v) is 20.3. The molecule has 1 aromatic carbocycles. The molecule has 1 saturated heterocycles. The molecule has 2 aliphatic heterocycles. The van der Waals surface area contributed by atoms with Gasteiger partial charge in [0, 0.05) is 43.0 Å². The Kier molecular flexibility index (Phi) is 8.35. The van der Waals surface area contributed by atoms with Crippen LogP contribution in [0.25, 0.3) is 0 Å². The van der Waals surface area contributed by atoms with Gasteiger partial charge in [-0.3, -0.25) is 15.1 Å². The summed E-state index contributed by atoms with van der Waals surface area (Å²) in [6.45, 7) is 13.8. The third kappa shape index (κ3) is 7.09. The molecule has 6 heteroatoms. The van der Waals surface area contributed by atoms with Crippen molar-refractivity contribution in [2.45, 2.75) is 72.6 Å². The number of para-hydroxylation sites is 1. The summed E-state index contributed by atoms with van der Waals surface area (Å²) in [4.78, 5) is 19.8. The van der Waals surface area contributed by atoms with Gasteiger partial charge in [-0.1, -0.05) is 32.0 Å². The molecule has 0 spiro atoms. The van der Waals surface area contributed by atoms with Crippen LogP contribution in [0.1, 0.15) is 60.3 Å². The Bertz CT molecular complexity index is 820. The van der Waals surface area contributed by atoms with Crippen LogP contribution in [0.5, 0.6) is 5.75 Å². The number of carbonyl (C=O) groups excluding carboxylic acids is 1. The van der Waals surface area contributed by atoms with Gasteiger partial charge in [-0.2, -0.15) is 0 Å². The molecule has 3 rings (SSSR count). The lowest BCUT2D eigenvalue weighted by Crippen LogP contribution is -2.42. The summed E-state index contributed by atoms with van der Waals surface area (Å²) in [5.41, 5.74) is 3.58. The minimum Gasteiger partial charge on any atom is -0.492 e. The van der Waals surface area contributed by atoms with Gasteiger partial charge in [0.25, 0.3) is 0 Å². The van der Waals surface area contributed by atoms with Crippen LogP contribution in [0.3, 0.4) is 0 Å². The molecule has 0 aliphatic carbocycles. The van der Waals surface area contributed by atoms with Crippen LogP contribution in [0.2, 0.25) is 0 Å². The van der Waals surface area contributed by atoms with Crippen molar-refractivity contribution < 1.29 is 14.3 Å². The number of hydrogen-bond acceptors (Lipinski definition) is 6. The Hall–Kier alpha value is -2.34. The zero-order chi connectivity index (χ0) is 23.1. The molecule has 32 heavy (non-hydrogen) atoms. The number of piperidine rings is 1. The SMILES string of the molecule is CC1=NC(NCCOc2ccccc2)CC(N2CCC(C)(C)CC2)=C1CC(=O)OC(C)C. The fourth-order valence-corrected chi connectivity index (χ4v) is 4.28. The van der Waals surface area contributed by atoms with Gasteiger partial charge in [-0.05, 0) is 51.2 Å². The number of carbonyl (C=O) groups is 1. The third-order valence-electron chi connectivity index (χ3n) is 6.20. The fourth-order valence-electron chi connectivity index (χ4n) is 4.28. The molecule has 1 unspecified atom stereocenters. The average molecular weight is 442 g/mol. The summed E-state index contributed by atoms with van der Waals surface area (Å²) >= 11 is 0. The third-order valence-corrected chi connectivity index (χ3v) is 6.20. The van der Waals surface area contributed by atoms with E-state index in [4.69, 9.17) is 14.5 Å². The molecule has 0 radical (unpaired) electrons. The Morgan fingerprint density at radius 3 is 2.56 bits per heavy atom. The molecule has 1 fully saturated rings. The van der Waals surface area contributed by atoms with E-state index in [1.54, 1.807) is 0 Å². The van der Waals surface area contributed by atoms with Crippen molar-refractivity contribution in [2.75, 3.05) is 26.2 Å². The van der Waals surface area contributed by atoms with Crippen molar-refractivity contribution in [3.8, 4) is 5.75 Å². The molecule has 0 saturated carbocycles. The van der Waals surface area contributed by atoms with Crippen LogP contribution < -0.4 is 10.1 Å². The predicted molar refractivity (Wildman–Crippen MR) is 129 cm³/mol. The molecular weight excluding hydrogens is 402 g/mol. The Balaban J connectivity index is 1.65. The van der Waals surface area contributed by atoms with Crippen LogP contribution in [0, 0.1) is 5.41 Å². The van der Waals surface area contributed by atoms with Gasteiger partial charge in [0.2, 0.25) is 0 Å². The van der Waals surface area contributed by atoms with E-state index in [2.05, 4.69) is 24.1 Å². The lowest BCUT2D eigenvalue weighted by molar-refractivity contribution is -0.146. The van der Waals surface area contributed by atoms with Gasteiger partial charge in [-0.25, -0.2) is 0 Å². The topological polar surface area (TPSA) is 63.2 Å². The van der Waals surface area contributed by atoms with E-state index in [1.165, 1.54) is 5.70 Å². The van der Waals surface area contributed by atoms with Crippen LogP contribution in [-0.2, 0) is 9.53 Å². The summed E-state index contributed by atoms with van der Waals surface area (Å²) in [5, 5.41) is 3.52. The number of nitrogens with zero attached hydrogens (tertiary/aromatic N) is 2. The number of nitrogens with one attached hydrogen (secondary N) is 1.